The quantitative estimate of drug-likeness (QED) is 0.744. The van der Waals surface area contributed by atoms with Gasteiger partial charge < -0.3 is 15.4 Å². The summed E-state index contributed by atoms with van der Waals surface area (Å²) in [6.45, 7) is 4.17. The summed E-state index contributed by atoms with van der Waals surface area (Å²) < 4.78 is 4.97. The molecule has 0 bridgehead atoms. The fraction of sp³-hybridized carbons (Fsp3) is 0.278. The molecule has 25 heavy (non-hydrogen) atoms. The largest absolute Gasteiger partial charge is 0.452 e. The fourth-order valence-corrected chi connectivity index (χ4v) is 2.49. The molecule has 0 saturated heterocycles. The van der Waals surface area contributed by atoms with E-state index in [2.05, 4.69) is 10.6 Å². The molecule has 0 atom stereocenters. The van der Waals surface area contributed by atoms with E-state index < -0.39 is 5.97 Å². The minimum absolute atomic E-state index is 0.202. The lowest BCUT2D eigenvalue weighted by Crippen LogP contribution is -2.31. The van der Waals surface area contributed by atoms with Crippen LogP contribution < -0.4 is 10.6 Å². The molecule has 2 rings (SSSR count). The molecular weight excluding hydrogens is 340 g/mol. The first kappa shape index (κ1) is 18.7. The van der Waals surface area contributed by atoms with Crippen molar-refractivity contribution in [3.63, 3.8) is 0 Å². The Morgan fingerprint density at radius 2 is 1.84 bits per heavy atom. The van der Waals surface area contributed by atoms with Crippen LogP contribution >= 0.6 is 11.3 Å². The third kappa shape index (κ3) is 6.04. The second-order valence-electron chi connectivity index (χ2n) is 5.78. The van der Waals surface area contributed by atoms with Crippen LogP contribution in [0.25, 0.3) is 0 Å². The molecule has 0 saturated carbocycles. The Bertz CT molecular complexity index is 724. The maximum absolute atomic E-state index is 11.9. The molecule has 7 heteroatoms. The number of carbonyl (C=O) groups is 3. The highest BCUT2D eigenvalue weighted by Gasteiger charge is 2.11. The Morgan fingerprint density at radius 1 is 1.12 bits per heavy atom. The summed E-state index contributed by atoms with van der Waals surface area (Å²) in [5, 5.41) is 7.24. The van der Waals surface area contributed by atoms with Gasteiger partial charge in [0.2, 0.25) is 0 Å². The zero-order valence-electron chi connectivity index (χ0n) is 14.1. The first-order valence-corrected chi connectivity index (χ1v) is 8.72. The maximum Gasteiger partial charge on any atom is 0.338 e. The molecule has 2 aromatic rings. The molecule has 1 aromatic carbocycles. The normalized spacial score (nSPS) is 10.4. The van der Waals surface area contributed by atoms with Crippen molar-refractivity contribution in [2.24, 2.45) is 5.92 Å². The Hall–Kier alpha value is -2.67. The summed E-state index contributed by atoms with van der Waals surface area (Å²) >= 11 is 1.35. The van der Waals surface area contributed by atoms with Crippen molar-refractivity contribution >= 4 is 34.8 Å². The van der Waals surface area contributed by atoms with Crippen molar-refractivity contribution in [3.05, 3.63) is 52.2 Å². The minimum Gasteiger partial charge on any atom is -0.452 e. The van der Waals surface area contributed by atoms with Gasteiger partial charge in [-0.2, -0.15) is 0 Å². The van der Waals surface area contributed by atoms with Crippen LogP contribution in [-0.2, 0) is 9.53 Å². The van der Waals surface area contributed by atoms with Crippen molar-refractivity contribution in [3.8, 4) is 0 Å². The summed E-state index contributed by atoms with van der Waals surface area (Å²) in [7, 11) is 0. The van der Waals surface area contributed by atoms with E-state index in [9.17, 15) is 14.4 Å². The molecule has 0 spiro atoms. The SMILES string of the molecule is CC(C)CNC(=O)COC(=O)c1ccc(NC(=O)c2cccs2)cc1. The van der Waals surface area contributed by atoms with Gasteiger partial charge >= 0.3 is 5.97 Å². The van der Waals surface area contributed by atoms with Crippen LogP contribution in [0.15, 0.2) is 41.8 Å². The smallest absolute Gasteiger partial charge is 0.338 e. The van der Waals surface area contributed by atoms with Gasteiger partial charge in [-0.3, -0.25) is 9.59 Å². The molecule has 0 fully saturated rings. The number of carbonyl (C=O) groups excluding carboxylic acids is 3. The van der Waals surface area contributed by atoms with Gasteiger partial charge in [0.05, 0.1) is 10.4 Å². The Kier molecular flexibility index (Phi) is 6.71. The molecule has 1 aromatic heterocycles. The summed E-state index contributed by atoms with van der Waals surface area (Å²) in [6.07, 6.45) is 0. The van der Waals surface area contributed by atoms with E-state index in [0.717, 1.165) is 0 Å². The van der Waals surface area contributed by atoms with Crippen molar-refractivity contribution in [2.75, 3.05) is 18.5 Å². The van der Waals surface area contributed by atoms with Crippen LogP contribution in [0.1, 0.15) is 33.9 Å². The highest BCUT2D eigenvalue weighted by Crippen LogP contribution is 2.14. The third-order valence-corrected chi connectivity index (χ3v) is 4.03. The van der Waals surface area contributed by atoms with Crippen molar-refractivity contribution in [2.45, 2.75) is 13.8 Å². The van der Waals surface area contributed by atoms with Crippen molar-refractivity contribution in [1.29, 1.82) is 0 Å². The third-order valence-electron chi connectivity index (χ3n) is 3.17. The number of rotatable bonds is 7. The molecule has 0 radical (unpaired) electrons. The number of hydrogen-bond donors (Lipinski definition) is 2. The Labute approximate surface area is 150 Å². The van der Waals surface area contributed by atoms with Gasteiger partial charge in [-0.25, -0.2) is 4.79 Å². The number of amides is 2. The summed E-state index contributed by atoms with van der Waals surface area (Å²) in [5.41, 5.74) is 0.885. The van der Waals surface area contributed by atoms with E-state index in [1.165, 1.54) is 11.3 Å². The zero-order chi connectivity index (χ0) is 18.2. The molecule has 2 amide bonds. The summed E-state index contributed by atoms with van der Waals surface area (Å²) in [4.78, 5) is 36.0. The predicted octanol–water partition coefficient (Wildman–Crippen LogP) is 2.93. The minimum atomic E-state index is -0.587. The second kappa shape index (κ2) is 8.98. The molecule has 0 aliphatic carbocycles. The van der Waals surface area contributed by atoms with Gasteiger partial charge in [-0.15, -0.1) is 11.3 Å². The summed E-state index contributed by atoms with van der Waals surface area (Å²) in [6, 6.07) is 9.84. The molecule has 2 N–H and O–H groups in total. The van der Waals surface area contributed by atoms with Crippen molar-refractivity contribution < 1.29 is 19.1 Å². The highest BCUT2D eigenvalue weighted by atomic mass is 32.1. The molecule has 0 aliphatic rings. The van der Waals surface area contributed by atoms with E-state index in [-0.39, 0.29) is 18.4 Å². The van der Waals surface area contributed by atoms with Gasteiger partial charge in [-0.05, 0) is 41.6 Å². The molecule has 132 valence electrons. The topological polar surface area (TPSA) is 84.5 Å². The van der Waals surface area contributed by atoms with Crippen LogP contribution in [0.3, 0.4) is 0 Å². The second-order valence-corrected chi connectivity index (χ2v) is 6.73. The van der Waals surface area contributed by atoms with E-state index in [1.54, 1.807) is 36.4 Å². The lowest BCUT2D eigenvalue weighted by molar-refractivity contribution is -0.124. The van der Waals surface area contributed by atoms with Crippen LogP contribution in [0.5, 0.6) is 0 Å². The lowest BCUT2D eigenvalue weighted by atomic mass is 10.2. The van der Waals surface area contributed by atoms with Gasteiger partial charge in [0, 0.05) is 12.2 Å². The number of benzene rings is 1. The van der Waals surface area contributed by atoms with Gasteiger partial charge in [0.25, 0.3) is 11.8 Å². The van der Waals surface area contributed by atoms with E-state index in [1.807, 2.05) is 19.2 Å². The highest BCUT2D eigenvalue weighted by molar-refractivity contribution is 7.12. The number of ether oxygens (including phenoxy) is 1. The van der Waals surface area contributed by atoms with Gasteiger partial charge in [0.1, 0.15) is 0 Å². The number of nitrogens with one attached hydrogen (secondary N) is 2. The fourth-order valence-electron chi connectivity index (χ4n) is 1.87. The van der Waals surface area contributed by atoms with E-state index in [4.69, 9.17) is 4.74 Å². The van der Waals surface area contributed by atoms with Crippen LogP contribution in [0.4, 0.5) is 5.69 Å². The molecule has 1 heterocycles. The van der Waals surface area contributed by atoms with Crippen LogP contribution in [0.2, 0.25) is 0 Å². The zero-order valence-corrected chi connectivity index (χ0v) is 14.9. The molecule has 0 aliphatic heterocycles. The first-order chi connectivity index (χ1) is 12.0. The van der Waals surface area contributed by atoms with Gasteiger partial charge in [0.15, 0.2) is 6.61 Å². The maximum atomic E-state index is 11.9. The predicted molar refractivity (Wildman–Crippen MR) is 96.8 cm³/mol. The Balaban J connectivity index is 1.83. The summed E-state index contributed by atoms with van der Waals surface area (Å²) in [5.74, 6) is -0.790. The molecular formula is C18H20N2O4S. The van der Waals surface area contributed by atoms with Gasteiger partial charge in [-0.1, -0.05) is 19.9 Å². The standard InChI is InChI=1S/C18H20N2O4S/c1-12(2)10-19-16(21)11-24-18(23)13-5-7-14(8-6-13)20-17(22)15-4-3-9-25-15/h3-9,12H,10-11H2,1-2H3,(H,19,21)(H,20,22). The van der Waals surface area contributed by atoms with E-state index in [0.29, 0.717) is 28.6 Å². The van der Waals surface area contributed by atoms with Crippen LogP contribution in [0, 0.1) is 5.92 Å². The number of hydrogen-bond acceptors (Lipinski definition) is 5. The number of thiophene rings is 1. The first-order valence-electron chi connectivity index (χ1n) is 7.84. The molecule has 6 nitrogen and oxygen atoms in total. The van der Waals surface area contributed by atoms with E-state index >= 15 is 0 Å². The molecule has 0 unspecified atom stereocenters. The number of anilines is 1. The lowest BCUT2D eigenvalue weighted by Gasteiger charge is -2.09. The monoisotopic (exact) mass is 360 g/mol. The average molecular weight is 360 g/mol. The average Bonchev–Trinajstić information content (AvgIpc) is 3.13. The Morgan fingerprint density at radius 3 is 2.44 bits per heavy atom. The number of esters is 1. The van der Waals surface area contributed by atoms with Crippen LogP contribution in [-0.4, -0.2) is 30.9 Å². The van der Waals surface area contributed by atoms with Crippen molar-refractivity contribution in [1.82, 2.24) is 5.32 Å².